The summed E-state index contributed by atoms with van der Waals surface area (Å²) in [5.74, 6) is 1.01. The number of guanidine groups is 1. The summed E-state index contributed by atoms with van der Waals surface area (Å²) < 4.78 is 0. The highest BCUT2D eigenvalue weighted by atomic mass is 16.2. The van der Waals surface area contributed by atoms with Crippen molar-refractivity contribution in [2.75, 3.05) is 33.7 Å². The van der Waals surface area contributed by atoms with Crippen molar-refractivity contribution in [3.05, 3.63) is 17.5 Å². The quantitative estimate of drug-likeness (QED) is 0.374. The van der Waals surface area contributed by atoms with Crippen LogP contribution in [-0.2, 0) is 11.2 Å². The lowest BCUT2D eigenvalue weighted by atomic mass is 9.85. The molecule has 1 fully saturated rings. The maximum atomic E-state index is 12.7. The van der Waals surface area contributed by atoms with E-state index in [1.165, 1.54) is 5.56 Å². The SMILES string of the molecule is CCNC(=NCC1(C(=O)N(C)C)CCCC1)NCCCc1cn[nH]c1C. The second-order valence-electron chi connectivity index (χ2n) is 7.43. The summed E-state index contributed by atoms with van der Waals surface area (Å²) in [6, 6.07) is 0. The zero-order chi connectivity index (χ0) is 19.0. The van der Waals surface area contributed by atoms with Crippen LogP contribution in [-0.4, -0.2) is 60.7 Å². The fourth-order valence-corrected chi connectivity index (χ4v) is 3.65. The third-order valence-electron chi connectivity index (χ3n) is 5.15. The number of carbonyl (C=O) groups is 1. The number of aryl methyl sites for hydroxylation is 2. The molecule has 1 aromatic rings. The first-order chi connectivity index (χ1) is 12.5. The van der Waals surface area contributed by atoms with Crippen molar-refractivity contribution < 1.29 is 4.79 Å². The van der Waals surface area contributed by atoms with Crippen molar-refractivity contribution in [2.45, 2.75) is 52.4 Å². The Morgan fingerprint density at radius 3 is 2.65 bits per heavy atom. The highest BCUT2D eigenvalue weighted by molar-refractivity contribution is 5.84. The van der Waals surface area contributed by atoms with E-state index in [2.05, 4.69) is 27.8 Å². The number of hydrogen-bond acceptors (Lipinski definition) is 3. The summed E-state index contributed by atoms with van der Waals surface area (Å²) in [4.78, 5) is 19.1. The van der Waals surface area contributed by atoms with E-state index in [4.69, 9.17) is 4.99 Å². The number of rotatable bonds is 8. The van der Waals surface area contributed by atoms with E-state index in [0.717, 1.165) is 63.3 Å². The Kier molecular flexibility index (Phi) is 7.48. The predicted octanol–water partition coefficient (Wildman–Crippen LogP) is 1.85. The van der Waals surface area contributed by atoms with Gasteiger partial charge in [0.1, 0.15) is 0 Å². The monoisotopic (exact) mass is 362 g/mol. The number of hydrogen-bond donors (Lipinski definition) is 3. The van der Waals surface area contributed by atoms with Crippen molar-refractivity contribution >= 4 is 11.9 Å². The maximum absolute atomic E-state index is 12.7. The topological polar surface area (TPSA) is 85.4 Å². The van der Waals surface area contributed by atoms with Crippen molar-refractivity contribution in [1.29, 1.82) is 0 Å². The van der Waals surface area contributed by atoms with Crippen LogP contribution in [0.5, 0.6) is 0 Å². The summed E-state index contributed by atoms with van der Waals surface area (Å²) in [6.07, 6.45) is 7.99. The molecule has 1 aliphatic rings. The van der Waals surface area contributed by atoms with E-state index < -0.39 is 0 Å². The van der Waals surface area contributed by atoms with E-state index in [1.54, 1.807) is 4.90 Å². The van der Waals surface area contributed by atoms with E-state index in [-0.39, 0.29) is 11.3 Å². The Morgan fingerprint density at radius 2 is 2.08 bits per heavy atom. The van der Waals surface area contributed by atoms with Gasteiger partial charge in [-0.2, -0.15) is 5.10 Å². The highest BCUT2D eigenvalue weighted by Crippen LogP contribution is 2.39. The van der Waals surface area contributed by atoms with Crippen LogP contribution in [0.25, 0.3) is 0 Å². The summed E-state index contributed by atoms with van der Waals surface area (Å²) in [5.41, 5.74) is 2.07. The number of nitrogens with one attached hydrogen (secondary N) is 3. The smallest absolute Gasteiger partial charge is 0.230 e. The van der Waals surface area contributed by atoms with Crippen LogP contribution in [0, 0.1) is 12.3 Å². The Balaban J connectivity index is 1.90. The summed E-state index contributed by atoms with van der Waals surface area (Å²) in [5, 5.41) is 13.7. The van der Waals surface area contributed by atoms with Crippen molar-refractivity contribution in [3.8, 4) is 0 Å². The minimum Gasteiger partial charge on any atom is -0.357 e. The first kappa shape index (κ1) is 20.3. The number of nitrogens with zero attached hydrogens (tertiary/aromatic N) is 3. The van der Waals surface area contributed by atoms with Gasteiger partial charge in [0.25, 0.3) is 0 Å². The number of aromatic nitrogens is 2. The molecule has 0 unspecified atom stereocenters. The third kappa shape index (κ3) is 5.22. The minimum absolute atomic E-state index is 0.213. The molecular formula is C19H34N6O. The number of carbonyl (C=O) groups excluding carboxylic acids is 1. The van der Waals surface area contributed by atoms with E-state index in [0.29, 0.717) is 6.54 Å². The number of H-pyrrole nitrogens is 1. The van der Waals surface area contributed by atoms with Gasteiger partial charge in [-0.25, -0.2) is 0 Å². The molecule has 1 saturated carbocycles. The Hall–Kier alpha value is -2.05. The van der Waals surface area contributed by atoms with Gasteiger partial charge in [-0.3, -0.25) is 14.9 Å². The minimum atomic E-state index is -0.320. The lowest BCUT2D eigenvalue weighted by Crippen LogP contribution is -2.43. The fourth-order valence-electron chi connectivity index (χ4n) is 3.65. The molecule has 1 heterocycles. The first-order valence-electron chi connectivity index (χ1n) is 9.71. The molecule has 1 aromatic heterocycles. The third-order valence-corrected chi connectivity index (χ3v) is 5.15. The molecule has 3 N–H and O–H groups in total. The lowest BCUT2D eigenvalue weighted by Gasteiger charge is -2.29. The number of aromatic amines is 1. The van der Waals surface area contributed by atoms with Gasteiger partial charge >= 0.3 is 0 Å². The Morgan fingerprint density at radius 1 is 1.35 bits per heavy atom. The van der Waals surface area contributed by atoms with Gasteiger partial charge in [0.2, 0.25) is 5.91 Å². The van der Waals surface area contributed by atoms with Crippen molar-refractivity contribution in [2.24, 2.45) is 10.4 Å². The number of amides is 1. The Labute approximate surface area is 157 Å². The molecule has 1 amide bonds. The molecule has 146 valence electrons. The van der Waals surface area contributed by atoms with Crippen LogP contribution in [0.3, 0.4) is 0 Å². The maximum Gasteiger partial charge on any atom is 0.230 e. The Bertz CT molecular complexity index is 601. The molecule has 0 saturated heterocycles. The van der Waals surface area contributed by atoms with Crippen molar-refractivity contribution in [1.82, 2.24) is 25.7 Å². The van der Waals surface area contributed by atoms with Crippen LogP contribution in [0.15, 0.2) is 11.2 Å². The lowest BCUT2D eigenvalue weighted by molar-refractivity contribution is -0.138. The average Bonchev–Trinajstić information content (AvgIpc) is 3.25. The molecule has 0 bridgehead atoms. The zero-order valence-electron chi connectivity index (χ0n) is 16.7. The predicted molar refractivity (Wildman–Crippen MR) is 105 cm³/mol. The van der Waals surface area contributed by atoms with Crippen LogP contribution in [0.1, 0.15) is 50.3 Å². The molecule has 0 radical (unpaired) electrons. The van der Waals surface area contributed by atoms with Crippen LogP contribution in [0.4, 0.5) is 0 Å². The standard InChI is InChI=1S/C19H34N6O/c1-5-20-18(21-12-8-9-16-13-23-24-15(16)2)22-14-19(10-6-7-11-19)17(26)25(3)4/h13H,5-12,14H2,1-4H3,(H,23,24)(H2,20,21,22). The summed E-state index contributed by atoms with van der Waals surface area (Å²) >= 11 is 0. The molecule has 0 atom stereocenters. The van der Waals surface area contributed by atoms with Gasteiger partial charge in [-0.15, -0.1) is 0 Å². The molecule has 7 nitrogen and oxygen atoms in total. The van der Waals surface area contributed by atoms with Crippen LogP contribution >= 0.6 is 0 Å². The van der Waals surface area contributed by atoms with Crippen molar-refractivity contribution in [3.63, 3.8) is 0 Å². The zero-order valence-corrected chi connectivity index (χ0v) is 16.7. The molecule has 0 aromatic carbocycles. The van der Waals surface area contributed by atoms with Gasteiger partial charge in [0, 0.05) is 32.9 Å². The molecule has 0 spiro atoms. The average molecular weight is 363 g/mol. The summed E-state index contributed by atoms with van der Waals surface area (Å²) in [6.45, 7) is 6.30. The molecule has 0 aliphatic heterocycles. The second kappa shape index (κ2) is 9.59. The molecule has 2 rings (SSSR count). The molecule has 26 heavy (non-hydrogen) atoms. The highest BCUT2D eigenvalue weighted by Gasteiger charge is 2.41. The van der Waals surface area contributed by atoms with E-state index in [9.17, 15) is 4.79 Å². The molecule has 1 aliphatic carbocycles. The van der Waals surface area contributed by atoms with Crippen LogP contribution < -0.4 is 10.6 Å². The van der Waals surface area contributed by atoms with E-state index >= 15 is 0 Å². The number of aliphatic imine (C=N–C) groups is 1. The van der Waals surface area contributed by atoms with Gasteiger partial charge in [0.05, 0.1) is 18.2 Å². The van der Waals surface area contributed by atoms with Gasteiger partial charge < -0.3 is 15.5 Å². The first-order valence-corrected chi connectivity index (χ1v) is 9.71. The molecule has 7 heteroatoms. The second-order valence-corrected chi connectivity index (χ2v) is 7.43. The molecular weight excluding hydrogens is 328 g/mol. The largest absolute Gasteiger partial charge is 0.357 e. The van der Waals surface area contributed by atoms with E-state index in [1.807, 2.05) is 27.2 Å². The normalized spacial score (nSPS) is 16.5. The van der Waals surface area contributed by atoms with Gasteiger partial charge in [-0.1, -0.05) is 12.8 Å². The summed E-state index contributed by atoms with van der Waals surface area (Å²) in [7, 11) is 3.68. The van der Waals surface area contributed by atoms with Crippen LogP contribution in [0.2, 0.25) is 0 Å². The fraction of sp³-hybridized carbons (Fsp3) is 0.737. The van der Waals surface area contributed by atoms with Gasteiger partial charge in [0.15, 0.2) is 5.96 Å². The van der Waals surface area contributed by atoms with Gasteiger partial charge in [-0.05, 0) is 45.1 Å².